The molecule has 0 radical (unpaired) electrons. The van der Waals surface area contributed by atoms with Gasteiger partial charge in [-0.2, -0.15) is 0 Å². The molecule has 0 spiro atoms. The number of allylic oxidation sites excluding steroid dienone is 2. The van der Waals surface area contributed by atoms with E-state index in [0.717, 1.165) is 25.7 Å². The molecule has 2 unspecified atom stereocenters. The van der Waals surface area contributed by atoms with Crippen molar-refractivity contribution in [3.05, 3.63) is 141 Å². The van der Waals surface area contributed by atoms with Crippen molar-refractivity contribution in [2.45, 2.75) is 79.1 Å². The summed E-state index contributed by atoms with van der Waals surface area (Å²) in [5, 5.41) is 0. The first-order chi connectivity index (χ1) is 19.9. The van der Waals surface area contributed by atoms with Crippen LogP contribution in [0, 0.1) is 5.41 Å². The highest BCUT2D eigenvalue weighted by molar-refractivity contribution is 5.97. The second-order valence-electron chi connectivity index (χ2n) is 12.5. The Morgan fingerprint density at radius 1 is 0.463 bits per heavy atom. The Balaban J connectivity index is 1.64. The Labute approximate surface area is 247 Å². The number of fused-ring (bicyclic) bond motifs is 2. The van der Waals surface area contributed by atoms with Crippen molar-refractivity contribution < 1.29 is 0 Å². The van der Waals surface area contributed by atoms with Gasteiger partial charge in [-0.05, 0) is 110 Å². The average molecular weight is 537 g/mol. The van der Waals surface area contributed by atoms with Crippen LogP contribution in [0.15, 0.2) is 84.9 Å². The predicted molar refractivity (Wildman–Crippen MR) is 178 cm³/mol. The van der Waals surface area contributed by atoms with Gasteiger partial charge in [0.2, 0.25) is 0 Å². The van der Waals surface area contributed by atoms with Gasteiger partial charge in [0.05, 0.1) is 0 Å². The van der Waals surface area contributed by atoms with E-state index >= 15 is 0 Å². The number of aryl methyl sites for hydroxylation is 4. The Morgan fingerprint density at radius 3 is 1.15 bits per heavy atom. The summed E-state index contributed by atoms with van der Waals surface area (Å²) in [7, 11) is 0. The van der Waals surface area contributed by atoms with Gasteiger partial charge >= 0.3 is 0 Å². The van der Waals surface area contributed by atoms with E-state index in [9.17, 15) is 0 Å². The van der Waals surface area contributed by atoms with Gasteiger partial charge in [0, 0.05) is 11.8 Å². The lowest BCUT2D eigenvalue weighted by Crippen LogP contribution is -2.31. The summed E-state index contributed by atoms with van der Waals surface area (Å²) in [6.45, 7) is 14.4. The summed E-state index contributed by atoms with van der Waals surface area (Å²) < 4.78 is 0. The Hall–Kier alpha value is -3.64. The van der Waals surface area contributed by atoms with E-state index in [1.54, 1.807) is 11.1 Å². The molecule has 0 saturated carbocycles. The van der Waals surface area contributed by atoms with Crippen molar-refractivity contribution in [3.8, 4) is 0 Å². The maximum atomic E-state index is 2.57. The van der Waals surface area contributed by atoms with E-state index in [4.69, 9.17) is 0 Å². The standard InChI is InChI=1S/C41H44/c1-7-27-21-23-29(9-3)37-33(27)25-35(31-17-13-11-14-18-31)39(37)41(5,6)40-36(32-19-15-12-16-20-32)26-34-28(8-2)22-24-30(10-4)38(34)40/h11-26,39-40H,7-10H2,1-6H3. The molecule has 0 fully saturated rings. The van der Waals surface area contributed by atoms with Gasteiger partial charge in [0.15, 0.2) is 0 Å². The molecule has 2 aliphatic carbocycles. The van der Waals surface area contributed by atoms with Crippen LogP contribution >= 0.6 is 0 Å². The molecule has 0 nitrogen and oxygen atoms in total. The molecule has 0 aromatic heterocycles. The van der Waals surface area contributed by atoms with Crippen LogP contribution in [-0.4, -0.2) is 0 Å². The molecule has 0 heterocycles. The molecule has 6 rings (SSSR count). The molecule has 0 saturated heterocycles. The summed E-state index contributed by atoms with van der Waals surface area (Å²) in [4.78, 5) is 0. The third kappa shape index (κ3) is 4.44. The molecule has 2 atom stereocenters. The summed E-state index contributed by atoms with van der Waals surface area (Å²) >= 11 is 0. The molecule has 0 amide bonds. The van der Waals surface area contributed by atoms with Crippen LogP contribution in [0.4, 0.5) is 0 Å². The topological polar surface area (TPSA) is 0 Å². The molecule has 0 heteroatoms. The number of rotatable bonds is 8. The SMILES string of the molecule is CCc1ccc(CC)c2c1C=C(c1ccccc1)C2C(C)(C)C1C(c2ccccc2)=Cc2c(CC)ccc(CC)c21. The maximum absolute atomic E-state index is 2.57. The second kappa shape index (κ2) is 11.0. The third-order valence-corrected chi connectivity index (χ3v) is 9.96. The van der Waals surface area contributed by atoms with Gasteiger partial charge in [-0.15, -0.1) is 0 Å². The second-order valence-corrected chi connectivity index (χ2v) is 12.5. The van der Waals surface area contributed by atoms with E-state index in [2.05, 4.69) is 139 Å². The molecule has 208 valence electrons. The van der Waals surface area contributed by atoms with E-state index in [1.165, 1.54) is 55.7 Å². The third-order valence-electron chi connectivity index (χ3n) is 9.96. The lowest BCUT2D eigenvalue weighted by Gasteiger charge is -2.43. The summed E-state index contributed by atoms with van der Waals surface area (Å²) in [6.07, 6.45) is 9.33. The van der Waals surface area contributed by atoms with Crippen molar-refractivity contribution in [1.82, 2.24) is 0 Å². The fourth-order valence-electron chi connectivity index (χ4n) is 7.97. The molecule has 41 heavy (non-hydrogen) atoms. The van der Waals surface area contributed by atoms with Crippen LogP contribution in [0.2, 0.25) is 0 Å². The number of hydrogen-bond donors (Lipinski definition) is 0. The smallest absolute Gasteiger partial charge is 0.0164 e. The molecular formula is C41H44. The monoisotopic (exact) mass is 536 g/mol. The molecule has 2 aliphatic rings. The van der Waals surface area contributed by atoms with Crippen LogP contribution in [0.1, 0.15) is 109 Å². The first kappa shape index (κ1) is 27.5. The summed E-state index contributed by atoms with van der Waals surface area (Å²) in [5.74, 6) is 0.582. The Morgan fingerprint density at radius 2 is 0.805 bits per heavy atom. The molecule has 0 bridgehead atoms. The van der Waals surface area contributed by atoms with Crippen LogP contribution in [0.3, 0.4) is 0 Å². The van der Waals surface area contributed by atoms with Gasteiger partial charge in [-0.1, -0.05) is 126 Å². The first-order valence-electron chi connectivity index (χ1n) is 15.8. The van der Waals surface area contributed by atoms with Crippen molar-refractivity contribution in [3.63, 3.8) is 0 Å². The van der Waals surface area contributed by atoms with Crippen molar-refractivity contribution >= 4 is 23.3 Å². The highest BCUT2D eigenvalue weighted by atomic mass is 14.5. The van der Waals surface area contributed by atoms with E-state index in [0.29, 0.717) is 11.8 Å². The van der Waals surface area contributed by atoms with Crippen molar-refractivity contribution in [2.24, 2.45) is 5.41 Å². The highest BCUT2D eigenvalue weighted by Gasteiger charge is 2.49. The van der Waals surface area contributed by atoms with Gasteiger partial charge in [0.25, 0.3) is 0 Å². The molecule has 0 aliphatic heterocycles. The van der Waals surface area contributed by atoms with E-state index in [1.807, 2.05) is 0 Å². The lowest BCUT2D eigenvalue weighted by molar-refractivity contribution is 0.302. The van der Waals surface area contributed by atoms with Crippen LogP contribution in [0.25, 0.3) is 23.3 Å². The fourth-order valence-corrected chi connectivity index (χ4v) is 7.97. The molecule has 4 aromatic rings. The summed E-state index contributed by atoms with van der Waals surface area (Å²) in [5.41, 5.74) is 17.6. The van der Waals surface area contributed by atoms with Crippen LogP contribution in [0.5, 0.6) is 0 Å². The quantitative estimate of drug-likeness (QED) is 0.210. The van der Waals surface area contributed by atoms with Crippen LogP contribution < -0.4 is 0 Å². The van der Waals surface area contributed by atoms with E-state index in [-0.39, 0.29) is 5.41 Å². The lowest BCUT2D eigenvalue weighted by atomic mass is 9.60. The largest absolute Gasteiger partial charge is 0.0622 e. The molecular weight excluding hydrogens is 492 g/mol. The fraction of sp³-hybridized carbons (Fsp3) is 0.317. The zero-order valence-corrected chi connectivity index (χ0v) is 25.7. The van der Waals surface area contributed by atoms with Crippen LogP contribution in [-0.2, 0) is 25.7 Å². The Kier molecular flexibility index (Phi) is 7.37. The number of hydrogen-bond acceptors (Lipinski definition) is 0. The van der Waals surface area contributed by atoms with Gasteiger partial charge < -0.3 is 0 Å². The average Bonchev–Trinajstić information content (AvgIpc) is 3.63. The van der Waals surface area contributed by atoms with E-state index < -0.39 is 0 Å². The zero-order chi connectivity index (χ0) is 28.7. The Bertz CT molecular complexity index is 1510. The minimum Gasteiger partial charge on any atom is -0.0622 e. The predicted octanol–water partition coefficient (Wildman–Crippen LogP) is 10.9. The van der Waals surface area contributed by atoms with Gasteiger partial charge in [-0.3, -0.25) is 0 Å². The minimum atomic E-state index is -0.0770. The first-order valence-corrected chi connectivity index (χ1v) is 15.8. The summed E-state index contributed by atoms with van der Waals surface area (Å²) in [6, 6.07) is 32.0. The molecule has 4 aromatic carbocycles. The highest BCUT2D eigenvalue weighted by Crippen LogP contribution is 2.63. The maximum Gasteiger partial charge on any atom is 0.0164 e. The van der Waals surface area contributed by atoms with Crippen molar-refractivity contribution in [1.29, 1.82) is 0 Å². The zero-order valence-electron chi connectivity index (χ0n) is 25.7. The van der Waals surface area contributed by atoms with Gasteiger partial charge in [-0.25, -0.2) is 0 Å². The van der Waals surface area contributed by atoms with Crippen molar-refractivity contribution in [2.75, 3.05) is 0 Å². The van der Waals surface area contributed by atoms with Gasteiger partial charge in [0.1, 0.15) is 0 Å². The molecule has 0 N–H and O–H groups in total. The minimum absolute atomic E-state index is 0.0770. The normalized spacial score (nSPS) is 17.7. The number of benzene rings is 4.